The van der Waals surface area contributed by atoms with Gasteiger partial charge in [0.1, 0.15) is 11.1 Å². The summed E-state index contributed by atoms with van der Waals surface area (Å²) in [7, 11) is 0. The second kappa shape index (κ2) is 8.69. The minimum absolute atomic E-state index is 0.0973. The van der Waals surface area contributed by atoms with Crippen LogP contribution in [0.15, 0.2) is 60.7 Å². The highest BCUT2D eigenvalue weighted by Gasteiger charge is 2.33. The van der Waals surface area contributed by atoms with E-state index in [0.29, 0.717) is 16.5 Å². The van der Waals surface area contributed by atoms with E-state index in [2.05, 4.69) is 32.2 Å². The van der Waals surface area contributed by atoms with Gasteiger partial charge in [0.05, 0.1) is 11.5 Å². The molecular formula is C27H28N2OS. The molecule has 4 heteroatoms. The van der Waals surface area contributed by atoms with E-state index in [9.17, 15) is 10.1 Å². The maximum atomic E-state index is 13.5. The van der Waals surface area contributed by atoms with Gasteiger partial charge in [0.25, 0.3) is 0 Å². The highest BCUT2D eigenvalue weighted by Crippen LogP contribution is 2.44. The van der Waals surface area contributed by atoms with Crippen LogP contribution in [0, 0.1) is 22.7 Å². The Hall–Kier alpha value is -2.90. The van der Waals surface area contributed by atoms with Gasteiger partial charge in [-0.25, -0.2) is 0 Å². The molecule has 3 aromatic rings. The molecule has 0 fully saturated rings. The van der Waals surface area contributed by atoms with E-state index in [1.807, 2.05) is 60.7 Å². The number of carbonyl (C=O) groups excluding carboxylic acids is 1. The van der Waals surface area contributed by atoms with Crippen LogP contribution < -0.4 is 5.32 Å². The van der Waals surface area contributed by atoms with E-state index in [1.165, 1.54) is 4.88 Å². The summed E-state index contributed by atoms with van der Waals surface area (Å²) in [6.45, 7) is 6.86. The number of nitriles is 1. The highest BCUT2D eigenvalue weighted by molar-refractivity contribution is 7.16. The van der Waals surface area contributed by atoms with E-state index in [1.54, 1.807) is 11.3 Å². The van der Waals surface area contributed by atoms with E-state index in [0.717, 1.165) is 36.0 Å². The molecule has 1 amide bonds. The quantitative estimate of drug-likeness (QED) is 0.513. The molecular weight excluding hydrogens is 400 g/mol. The van der Waals surface area contributed by atoms with E-state index >= 15 is 0 Å². The molecule has 3 nitrogen and oxygen atoms in total. The number of anilines is 1. The van der Waals surface area contributed by atoms with Crippen LogP contribution in [-0.4, -0.2) is 5.91 Å². The average Bonchev–Trinajstić information content (AvgIpc) is 3.11. The second-order valence-electron chi connectivity index (χ2n) is 9.37. The number of nitrogens with one attached hydrogen (secondary N) is 1. The molecule has 31 heavy (non-hydrogen) atoms. The molecule has 0 saturated carbocycles. The molecule has 1 N–H and O–H groups in total. The van der Waals surface area contributed by atoms with Gasteiger partial charge >= 0.3 is 0 Å². The maximum absolute atomic E-state index is 13.5. The number of rotatable bonds is 4. The summed E-state index contributed by atoms with van der Waals surface area (Å²) in [6.07, 6.45) is 2.98. The largest absolute Gasteiger partial charge is 0.316 e. The van der Waals surface area contributed by atoms with Crippen molar-refractivity contribution in [2.24, 2.45) is 11.3 Å². The number of carbonyl (C=O) groups is 1. The summed E-state index contributed by atoms with van der Waals surface area (Å²) in [6, 6.07) is 22.0. The molecule has 2 aromatic carbocycles. The number of hydrogen-bond donors (Lipinski definition) is 1. The summed E-state index contributed by atoms with van der Waals surface area (Å²) in [5.74, 6) is 0.0744. The molecule has 0 spiro atoms. The summed E-state index contributed by atoms with van der Waals surface area (Å²) < 4.78 is 0. The number of fused-ring (bicyclic) bond motifs is 1. The van der Waals surface area contributed by atoms with Crippen LogP contribution in [0.5, 0.6) is 0 Å². The first-order valence-corrected chi connectivity index (χ1v) is 11.7. The van der Waals surface area contributed by atoms with E-state index in [-0.39, 0.29) is 11.3 Å². The van der Waals surface area contributed by atoms with Gasteiger partial charge in [0, 0.05) is 4.88 Å². The van der Waals surface area contributed by atoms with Crippen molar-refractivity contribution < 1.29 is 4.79 Å². The summed E-state index contributed by atoms with van der Waals surface area (Å²) >= 11 is 1.59. The predicted molar refractivity (Wildman–Crippen MR) is 127 cm³/mol. The second-order valence-corrected chi connectivity index (χ2v) is 10.5. The number of benzene rings is 2. The van der Waals surface area contributed by atoms with Gasteiger partial charge in [0.2, 0.25) is 5.91 Å². The highest BCUT2D eigenvalue weighted by atomic mass is 32.1. The molecule has 0 aliphatic heterocycles. The van der Waals surface area contributed by atoms with Crippen molar-refractivity contribution in [2.75, 3.05) is 5.32 Å². The van der Waals surface area contributed by atoms with Crippen molar-refractivity contribution in [3.8, 4) is 6.07 Å². The summed E-state index contributed by atoms with van der Waals surface area (Å²) in [5.41, 5.74) is 3.92. The van der Waals surface area contributed by atoms with Crippen LogP contribution >= 0.6 is 11.3 Å². The third-order valence-electron chi connectivity index (χ3n) is 6.37. The summed E-state index contributed by atoms with van der Waals surface area (Å²) in [4.78, 5) is 14.8. The Morgan fingerprint density at radius 3 is 2.16 bits per heavy atom. The molecule has 0 unspecified atom stereocenters. The molecule has 0 radical (unpaired) electrons. The van der Waals surface area contributed by atoms with E-state index < -0.39 is 5.92 Å². The smallest absolute Gasteiger partial charge is 0.237 e. The lowest BCUT2D eigenvalue weighted by Gasteiger charge is -2.33. The minimum atomic E-state index is -0.421. The van der Waals surface area contributed by atoms with Gasteiger partial charge in [-0.05, 0) is 47.3 Å². The zero-order valence-corrected chi connectivity index (χ0v) is 19.1. The lowest BCUT2D eigenvalue weighted by Crippen LogP contribution is -2.26. The SMILES string of the molecule is CC(C)(C)[C@H]1CCc2c(sc(NC(=O)C(c3ccccc3)c3ccccc3)c2C#N)C1. The van der Waals surface area contributed by atoms with Gasteiger partial charge < -0.3 is 5.32 Å². The fourth-order valence-electron chi connectivity index (χ4n) is 4.50. The average molecular weight is 429 g/mol. The van der Waals surface area contributed by atoms with Crippen LogP contribution in [0.25, 0.3) is 0 Å². The van der Waals surface area contributed by atoms with E-state index in [4.69, 9.17) is 0 Å². The first kappa shape index (κ1) is 21.3. The van der Waals surface area contributed by atoms with Crippen LogP contribution in [-0.2, 0) is 17.6 Å². The van der Waals surface area contributed by atoms with Gasteiger partial charge in [-0.1, -0.05) is 81.4 Å². The normalized spacial score (nSPS) is 15.9. The molecule has 4 rings (SSSR count). The molecule has 1 aliphatic rings. The lowest BCUT2D eigenvalue weighted by atomic mass is 9.72. The number of amides is 1. The van der Waals surface area contributed by atoms with Crippen LogP contribution in [0.3, 0.4) is 0 Å². The van der Waals surface area contributed by atoms with Crippen molar-refractivity contribution in [3.63, 3.8) is 0 Å². The molecule has 1 aliphatic carbocycles. The molecule has 1 aromatic heterocycles. The maximum Gasteiger partial charge on any atom is 0.237 e. The third kappa shape index (κ3) is 4.43. The monoisotopic (exact) mass is 428 g/mol. The first-order chi connectivity index (χ1) is 14.9. The number of hydrogen-bond acceptors (Lipinski definition) is 3. The van der Waals surface area contributed by atoms with Crippen molar-refractivity contribution in [1.82, 2.24) is 0 Å². The molecule has 0 saturated heterocycles. The van der Waals surface area contributed by atoms with Crippen molar-refractivity contribution in [2.45, 2.75) is 46.0 Å². The fraction of sp³-hybridized carbons (Fsp3) is 0.333. The standard InChI is InChI=1S/C27H28N2OS/c1-27(2,3)20-14-15-21-22(17-28)26(31-23(21)16-20)29-25(30)24(18-10-6-4-7-11-18)19-12-8-5-9-13-19/h4-13,20,24H,14-16H2,1-3H3,(H,29,30)/t20-/m0/s1. The Morgan fingerprint density at radius 1 is 1.06 bits per heavy atom. The van der Waals surface area contributed by atoms with Crippen molar-refractivity contribution in [3.05, 3.63) is 87.8 Å². The topological polar surface area (TPSA) is 52.9 Å². The van der Waals surface area contributed by atoms with Gasteiger partial charge in [-0.2, -0.15) is 5.26 Å². The minimum Gasteiger partial charge on any atom is -0.316 e. The van der Waals surface area contributed by atoms with Gasteiger partial charge in [0.15, 0.2) is 0 Å². The van der Waals surface area contributed by atoms with Gasteiger partial charge in [-0.3, -0.25) is 4.79 Å². The number of nitrogens with zero attached hydrogens (tertiary/aromatic N) is 1. The first-order valence-electron chi connectivity index (χ1n) is 10.8. The van der Waals surface area contributed by atoms with Crippen LogP contribution in [0.1, 0.15) is 60.2 Å². The van der Waals surface area contributed by atoms with Crippen molar-refractivity contribution in [1.29, 1.82) is 5.26 Å². The Balaban J connectivity index is 1.66. The molecule has 1 heterocycles. The zero-order valence-electron chi connectivity index (χ0n) is 18.3. The zero-order chi connectivity index (χ0) is 22.0. The third-order valence-corrected chi connectivity index (χ3v) is 7.54. The summed E-state index contributed by atoms with van der Waals surface area (Å²) in [5, 5.41) is 13.7. The molecule has 1 atom stereocenters. The van der Waals surface area contributed by atoms with Gasteiger partial charge in [-0.15, -0.1) is 11.3 Å². The lowest BCUT2D eigenvalue weighted by molar-refractivity contribution is -0.116. The predicted octanol–water partition coefficient (Wildman–Crippen LogP) is 6.54. The van der Waals surface area contributed by atoms with Crippen LogP contribution in [0.2, 0.25) is 0 Å². The Bertz CT molecular complexity index is 1060. The Kier molecular flexibility index (Phi) is 5.98. The Labute approximate surface area is 188 Å². The van der Waals surface area contributed by atoms with Crippen molar-refractivity contribution >= 4 is 22.2 Å². The number of thiophene rings is 1. The fourth-order valence-corrected chi connectivity index (χ4v) is 5.78. The Morgan fingerprint density at radius 2 is 1.65 bits per heavy atom. The van der Waals surface area contributed by atoms with Crippen LogP contribution in [0.4, 0.5) is 5.00 Å². The molecule has 0 bridgehead atoms. The molecule has 158 valence electrons.